The molecule has 3 rings (SSSR count). The van der Waals surface area contributed by atoms with Crippen molar-refractivity contribution in [2.24, 2.45) is 0 Å². The molecular weight excluding hydrogens is 276 g/mol. The SMILES string of the molecule is O=C(O)CCCc1ccc(-c2nccc3cnccc23)cc1. The predicted molar refractivity (Wildman–Crippen MR) is 85.5 cm³/mol. The molecule has 0 spiro atoms. The first-order valence-corrected chi connectivity index (χ1v) is 7.24. The van der Waals surface area contributed by atoms with E-state index in [1.54, 1.807) is 12.4 Å². The third-order valence-electron chi connectivity index (χ3n) is 3.65. The van der Waals surface area contributed by atoms with Crippen LogP contribution in [-0.4, -0.2) is 21.0 Å². The number of aryl methyl sites for hydroxylation is 1. The van der Waals surface area contributed by atoms with Gasteiger partial charge in [0, 0.05) is 41.3 Å². The van der Waals surface area contributed by atoms with Crippen molar-refractivity contribution >= 4 is 16.7 Å². The summed E-state index contributed by atoms with van der Waals surface area (Å²) in [5, 5.41) is 10.8. The molecule has 4 nitrogen and oxygen atoms in total. The molecule has 0 saturated carbocycles. The predicted octanol–water partition coefficient (Wildman–Crippen LogP) is 3.70. The Hall–Kier alpha value is -2.75. The van der Waals surface area contributed by atoms with Crippen LogP contribution in [0.5, 0.6) is 0 Å². The van der Waals surface area contributed by atoms with E-state index >= 15 is 0 Å². The first-order valence-electron chi connectivity index (χ1n) is 7.24. The van der Waals surface area contributed by atoms with Gasteiger partial charge >= 0.3 is 5.97 Å². The average Bonchev–Trinajstić information content (AvgIpc) is 2.55. The molecule has 0 aliphatic heterocycles. The largest absolute Gasteiger partial charge is 0.481 e. The number of fused-ring (bicyclic) bond motifs is 1. The zero-order valence-corrected chi connectivity index (χ0v) is 12.1. The number of rotatable bonds is 5. The lowest BCUT2D eigenvalue weighted by atomic mass is 10.0. The van der Waals surface area contributed by atoms with Crippen molar-refractivity contribution in [3.05, 3.63) is 60.6 Å². The summed E-state index contributed by atoms with van der Waals surface area (Å²) in [6.45, 7) is 0. The van der Waals surface area contributed by atoms with Crippen molar-refractivity contribution in [3.63, 3.8) is 0 Å². The number of benzene rings is 1. The normalized spacial score (nSPS) is 10.7. The number of carboxylic acids is 1. The molecule has 0 unspecified atom stereocenters. The van der Waals surface area contributed by atoms with Gasteiger partial charge in [-0.1, -0.05) is 24.3 Å². The van der Waals surface area contributed by atoms with E-state index in [2.05, 4.69) is 9.97 Å². The Morgan fingerprint density at radius 2 is 1.86 bits per heavy atom. The summed E-state index contributed by atoms with van der Waals surface area (Å²) in [6.07, 6.45) is 7.04. The van der Waals surface area contributed by atoms with E-state index in [1.165, 1.54) is 0 Å². The Balaban J connectivity index is 1.84. The number of hydrogen-bond acceptors (Lipinski definition) is 3. The molecule has 2 aromatic heterocycles. The van der Waals surface area contributed by atoms with Gasteiger partial charge in [-0.15, -0.1) is 0 Å². The molecule has 3 aromatic rings. The van der Waals surface area contributed by atoms with Gasteiger partial charge in [-0.05, 0) is 30.5 Å². The molecule has 1 N–H and O–H groups in total. The first-order chi connectivity index (χ1) is 10.7. The van der Waals surface area contributed by atoms with E-state index in [4.69, 9.17) is 5.11 Å². The summed E-state index contributed by atoms with van der Waals surface area (Å²) in [7, 11) is 0. The lowest BCUT2D eigenvalue weighted by molar-refractivity contribution is -0.137. The summed E-state index contributed by atoms with van der Waals surface area (Å²) in [6, 6.07) is 12.1. The molecule has 2 heterocycles. The van der Waals surface area contributed by atoms with Crippen molar-refractivity contribution in [2.75, 3.05) is 0 Å². The van der Waals surface area contributed by atoms with E-state index in [0.717, 1.165) is 34.0 Å². The van der Waals surface area contributed by atoms with Crippen LogP contribution in [0.4, 0.5) is 0 Å². The molecular formula is C18H16N2O2. The lowest BCUT2D eigenvalue weighted by Crippen LogP contribution is -1.95. The highest BCUT2D eigenvalue weighted by Gasteiger charge is 2.05. The average molecular weight is 292 g/mol. The van der Waals surface area contributed by atoms with Crippen LogP contribution in [0.3, 0.4) is 0 Å². The second-order valence-electron chi connectivity index (χ2n) is 5.20. The number of carboxylic acid groups (broad SMARTS) is 1. The third-order valence-corrected chi connectivity index (χ3v) is 3.65. The maximum Gasteiger partial charge on any atom is 0.303 e. The van der Waals surface area contributed by atoms with Crippen molar-refractivity contribution in [2.45, 2.75) is 19.3 Å². The smallest absolute Gasteiger partial charge is 0.303 e. The Bertz CT molecular complexity index is 792. The Kier molecular flexibility index (Phi) is 4.10. The summed E-state index contributed by atoms with van der Waals surface area (Å²) in [5.41, 5.74) is 3.14. The molecule has 0 aliphatic carbocycles. The summed E-state index contributed by atoms with van der Waals surface area (Å²) < 4.78 is 0. The van der Waals surface area contributed by atoms with E-state index in [0.29, 0.717) is 6.42 Å². The van der Waals surface area contributed by atoms with Gasteiger partial charge in [-0.3, -0.25) is 14.8 Å². The number of aromatic nitrogens is 2. The summed E-state index contributed by atoms with van der Waals surface area (Å²) >= 11 is 0. The first kappa shape index (κ1) is 14.2. The van der Waals surface area contributed by atoms with Crippen LogP contribution in [0.25, 0.3) is 22.0 Å². The van der Waals surface area contributed by atoms with E-state index in [1.807, 2.05) is 42.6 Å². The maximum absolute atomic E-state index is 10.5. The van der Waals surface area contributed by atoms with Crippen molar-refractivity contribution in [1.29, 1.82) is 0 Å². The van der Waals surface area contributed by atoms with Crippen molar-refractivity contribution < 1.29 is 9.90 Å². The quantitative estimate of drug-likeness (QED) is 0.778. The van der Waals surface area contributed by atoms with Crippen LogP contribution in [-0.2, 0) is 11.2 Å². The fraction of sp³-hybridized carbons (Fsp3) is 0.167. The molecule has 1 aromatic carbocycles. The Morgan fingerprint density at radius 3 is 2.64 bits per heavy atom. The summed E-state index contributed by atoms with van der Waals surface area (Å²) in [5.74, 6) is -0.745. The summed E-state index contributed by atoms with van der Waals surface area (Å²) in [4.78, 5) is 19.2. The minimum Gasteiger partial charge on any atom is -0.481 e. The lowest BCUT2D eigenvalue weighted by Gasteiger charge is -2.06. The zero-order valence-electron chi connectivity index (χ0n) is 12.1. The molecule has 0 amide bonds. The number of carbonyl (C=O) groups is 1. The molecule has 0 radical (unpaired) electrons. The Labute approximate surface area is 128 Å². The maximum atomic E-state index is 10.5. The van der Waals surface area contributed by atoms with Gasteiger partial charge in [0.15, 0.2) is 0 Å². The fourth-order valence-corrected chi connectivity index (χ4v) is 2.52. The topological polar surface area (TPSA) is 63.1 Å². The van der Waals surface area contributed by atoms with Crippen LogP contribution in [0.15, 0.2) is 55.0 Å². The van der Waals surface area contributed by atoms with Crippen LogP contribution in [0.1, 0.15) is 18.4 Å². The second kappa shape index (κ2) is 6.35. The van der Waals surface area contributed by atoms with Gasteiger partial charge in [0.2, 0.25) is 0 Å². The molecule has 0 saturated heterocycles. The van der Waals surface area contributed by atoms with E-state index in [-0.39, 0.29) is 6.42 Å². The van der Waals surface area contributed by atoms with Gasteiger partial charge in [-0.25, -0.2) is 0 Å². The van der Waals surface area contributed by atoms with E-state index < -0.39 is 5.97 Å². The van der Waals surface area contributed by atoms with Gasteiger partial charge in [0.25, 0.3) is 0 Å². The van der Waals surface area contributed by atoms with Gasteiger partial charge in [0.05, 0.1) is 5.69 Å². The van der Waals surface area contributed by atoms with Gasteiger partial charge in [-0.2, -0.15) is 0 Å². The second-order valence-corrected chi connectivity index (χ2v) is 5.20. The number of aliphatic carboxylic acids is 1. The third kappa shape index (κ3) is 3.11. The zero-order chi connectivity index (χ0) is 15.4. The number of nitrogens with zero attached hydrogens (tertiary/aromatic N) is 2. The highest BCUT2D eigenvalue weighted by atomic mass is 16.4. The molecule has 0 atom stereocenters. The minimum atomic E-state index is -0.745. The van der Waals surface area contributed by atoms with Crippen LogP contribution >= 0.6 is 0 Å². The highest BCUT2D eigenvalue weighted by Crippen LogP contribution is 2.26. The van der Waals surface area contributed by atoms with Crippen molar-refractivity contribution in [1.82, 2.24) is 9.97 Å². The van der Waals surface area contributed by atoms with Crippen LogP contribution in [0, 0.1) is 0 Å². The standard InChI is InChI=1S/C18H16N2O2/c21-17(22)3-1-2-13-4-6-14(7-5-13)18-16-9-10-19-12-15(16)8-11-20-18/h4-12H,1-3H2,(H,21,22). The molecule has 4 heteroatoms. The molecule has 0 fully saturated rings. The monoisotopic (exact) mass is 292 g/mol. The van der Waals surface area contributed by atoms with Gasteiger partial charge < -0.3 is 5.11 Å². The number of pyridine rings is 2. The van der Waals surface area contributed by atoms with E-state index in [9.17, 15) is 4.79 Å². The van der Waals surface area contributed by atoms with Crippen LogP contribution in [0.2, 0.25) is 0 Å². The number of hydrogen-bond donors (Lipinski definition) is 1. The van der Waals surface area contributed by atoms with Crippen molar-refractivity contribution in [3.8, 4) is 11.3 Å². The van der Waals surface area contributed by atoms with Gasteiger partial charge in [0.1, 0.15) is 0 Å². The minimum absolute atomic E-state index is 0.208. The molecule has 0 bridgehead atoms. The highest BCUT2D eigenvalue weighted by molar-refractivity contribution is 5.93. The molecule has 0 aliphatic rings. The molecule has 22 heavy (non-hydrogen) atoms. The van der Waals surface area contributed by atoms with Crippen LogP contribution < -0.4 is 0 Å². The molecule has 110 valence electrons. The fourth-order valence-electron chi connectivity index (χ4n) is 2.52. The Morgan fingerprint density at radius 1 is 1.05 bits per heavy atom.